The van der Waals surface area contributed by atoms with Crippen molar-refractivity contribution in [2.75, 3.05) is 19.8 Å². The molecular weight excluding hydrogens is 328 g/mol. The zero-order chi connectivity index (χ0) is 18.4. The van der Waals surface area contributed by atoms with Gasteiger partial charge in [-0.25, -0.2) is 0 Å². The van der Waals surface area contributed by atoms with Crippen LogP contribution in [0.4, 0.5) is 0 Å². The quantitative estimate of drug-likeness (QED) is 0.595. The first-order chi connectivity index (χ1) is 12.5. The molecule has 0 spiro atoms. The van der Waals surface area contributed by atoms with Crippen molar-refractivity contribution >= 4 is 11.5 Å². The van der Waals surface area contributed by atoms with Crippen molar-refractivity contribution in [3.8, 4) is 0 Å². The summed E-state index contributed by atoms with van der Waals surface area (Å²) in [5, 5.41) is 14.8. The van der Waals surface area contributed by atoms with Gasteiger partial charge in [0.1, 0.15) is 12.4 Å². The summed E-state index contributed by atoms with van der Waals surface area (Å²) < 4.78 is 0. The Morgan fingerprint density at radius 1 is 1.19 bits per heavy atom. The molecule has 0 aliphatic heterocycles. The van der Waals surface area contributed by atoms with E-state index in [1.807, 2.05) is 0 Å². The van der Waals surface area contributed by atoms with E-state index in [-0.39, 0.29) is 17.4 Å². The Morgan fingerprint density at radius 3 is 2.81 bits per heavy atom. The maximum absolute atomic E-state index is 12.5. The summed E-state index contributed by atoms with van der Waals surface area (Å²) >= 11 is 0. The number of carbonyl (C=O) groups excluding carboxylic acids is 1. The topological polar surface area (TPSA) is 84.9 Å². The molecule has 0 radical (unpaired) electrons. The number of aliphatic hydroxyl groups excluding tert-OH is 1. The van der Waals surface area contributed by atoms with Gasteiger partial charge in [0, 0.05) is 30.4 Å². The molecule has 26 heavy (non-hydrogen) atoms. The molecule has 4 fully saturated rings. The molecule has 146 valence electrons. The average Bonchev–Trinajstić information content (AvgIpc) is 2.96. The van der Waals surface area contributed by atoms with E-state index in [4.69, 9.17) is 10.6 Å². The van der Waals surface area contributed by atoms with Crippen LogP contribution in [0.3, 0.4) is 0 Å². The number of nitrogens with zero attached hydrogens (tertiary/aromatic N) is 1. The molecule has 6 unspecified atom stereocenters. The fourth-order valence-corrected chi connectivity index (χ4v) is 7.22. The first kappa shape index (κ1) is 18.4. The first-order valence-corrected chi connectivity index (χ1v) is 10.6. The monoisotopic (exact) mass is 362 g/mol. The zero-order valence-electron chi connectivity index (χ0n) is 16.1. The second kappa shape index (κ2) is 6.90. The Morgan fingerprint density at radius 2 is 2.04 bits per heavy atom. The van der Waals surface area contributed by atoms with Crippen LogP contribution in [0.5, 0.6) is 0 Å². The van der Waals surface area contributed by atoms with Crippen LogP contribution < -0.4 is 5.73 Å². The Kier molecular flexibility index (Phi) is 4.89. The minimum absolute atomic E-state index is 0.0305. The smallest absolute Gasteiger partial charge is 0.139 e. The largest absolute Gasteiger partial charge is 0.396 e. The van der Waals surface area contributed by atoms with E-state index in [9.17, 15) is 9.90 Å². The van der Waals surface area contributed by atoms with Crippen LogP contribution in [0.25, 0.3) is 0 Å². The molecular formula is C21H34N2O3. The second-order valence-corrected chi connectivity index (χ2v) is 9.44. The third-order valence-corrected chi connectivity index (χ3v) is 8.60. The Hall–Kier alpha value is -0.940. The molecule has 0 aromatic carbocycles. The van der Waals surface area contributed by atoms with Gasteiger partial charge >= 0.3 is 0 Å². The molecule has 4 aliphatic rings. The van der Waals surface area contributed by atoms with Crippen LogP contribution in [0.15, 0.2) is 5.16 Å². The highest BCUT2D eigenvalue weighted by molar-refractivity contribution is 5.87. The molecule has 3 N–H and O–H groups in total. The van der Waals surface area contributed by atoms with Crippen molar-refractivity contribution in [2.45, 2.75) is 64.7 Å². The van der Waals surface area contributed by atoms with E-state index >= 15 is 0 Å². The number of rotatable bonds is 4. The third kappa shape index (κ3) is 2.65. The van der Waals surface area contributed by atoms with Gasteiger partial charge in [-0.2, -0.15) is 0 Å². The highest BCUT2D eigenvalue weighted by Gasteiger charge is 2.61. The van der Waals surface area contributed by atoms with Crippen molar-refractivity contribution in [2.24, 2.45) is 45.4 Å². The molecule has 0 saturated heterocycles. The highest BCUT2D eigenvalue weighted by atomic mass is 16.6. The number of hydrogen-bond acceptors (Lipinski definition) is 5. The van der Waals surface area contributed by atoms with E-state index in [0.29, 0.717) is 42.6 Å². The summed E-state index contributed by atoms with van der Waals surface area (Å²) in [5.74, 6) is 2.74. The lowest BCUT2D eigenvalue weighted by atomic mass is 9.45. The van der Waals surface area contributed by atoms with Crippen LogP contribution in [-0.2, 0) is 9.63 Å². The van der Waals surface area contributed by atoms with Gasteiger partial charge in [0.05, 0.1) is 5.71 Å². The van der Waals surface area contributed by atoms with Crippen molar-refractivity contribution in [1.29, 1.82) is 0 Å². The summed E-state index contributed by atoms with van der Waals surface area (Å²) in [4.78, 5) is 17.8. The number of Topliss-reactive ketones (excluding diaryl/α,β-unsaturated/α-hetero) is 1. The Bertz CT molecular complexity index is 592. The van der Waals surface area contributed by atoms with E-state index in [1.54, 1.807) is 0 Å². The number of fused-ring (bicyclic) bond motifs is 5. The minimum atomic E-state index is -0.0814. The molecule has 4 saturated carbocycles. The SMILES string of the molecule is CC12CCC3C(CCC4C/C(=N/OCCN)CCC43CO)C1CCC2=O. The lowest BCUT2D eigenvalue weighted by Gasteiger charge is -2.60. The van der Waals surface area contributed by atoms with Crippen LogP contribution in [0.1, 0.15) is 64.7 Å². The summed E-state index contributed by atoms with van der Waals surface area (Å²) in [5.41, 5.74) is 6.57. The predicted octanol–water partition coefficient (Wildman–Crippen LogP) is 2.90. The number of hydrogen-bond donors (Lipinski definition) is 2. The van der Waals surface area contributed by atoms with Crippen molar-refractivity contribution in [3.63, 3.8) is 0 Å². The van der Waals surface area contributed by atoms with E-state index < -0.39 is 0 Å². The average molecular weight is 363 g/mol. The second-order valence-electron chi connectivity index (χ2n) is 9.44. The van der Waals surface area contributed by atoms with Crippen LogP contribution in [0.2, 0.25) is 0 Å². The Labute approximate surface area is 156 Å². The number of carbonyl (C=O) groups is 1. The lowest BCUT2D eigenvalue weighted by molar-refractivity contribution is -0.143. The summed E-state index contributed by atoms with van der Waals surface area (Å²) in [7, 11) is 0. The molecule has 0 amide bonds. The summed E-state index contributed by atoms with van der Waals surface area (Å²) in [6.07, 6.45) is 9.22. The standard InChI is InChI=1S/C21H34N2O3/c1-20-8-7-18-16(17(20)4-5-19(20)25)3-2-14-12-15(23-26-11-10-22)6-9-21(14,18)13-24/h14,16-18,24H,2-13,22H2,1H3/b23-15+. The van der Waals surface area contributed by atoms with Crippen molar-refractivity contribution in [1.82, 2.24) is 0 Å². The van der Waals surface area contributed by atoms with E-state index in [2.05, 4.69) is 12.1 Å². The fourth-order valence-electron chi connectivity index (χ4n) is 7.22. The van der Waals surface area contributed by atoms with Crippen molar-refractivity contribution < 1.29 is 14.7 Å². The molecule has 0 bridgehead atoms. The van der Waals surface area contributed by atoms with Gasteiger partial charge in [-0.15, -0.1) is 0 Å². The molecule has 0 aromatic heterocycles. The molecule has 4 rings (SSSR count). The zero-order valence-corrected chi connectivity index (χ0v) is 16.1. The molecule has 5 nitrogen and oxygen atoms in total. The number of ketones is 1. The van der Waals surface area contributed by atoms with Gasteiger partial charge in [0.2, 0.25) is 0 Å². The van der Waals surface area contributed by atoms with Crippen LogP contribution >= 0.6 is 0 Å². The fraction of sp³-hybridized carbons (Fsp3) is 0.905. The van der Waals surface area contributed by atoms with Crippen LogP contribution in [-0.4, -0.2) is 36.4 Å². The third-order valence-electron chi connectivity index (χ3n) is 8.60. The normalized spacial score (nSPS) is 46.6. The minimum Gasteiger partial charge on any atom is -0.396 e. The number of aliphatic hydroxyl groups is 1. The predicted molar refractivity (Wildman–Crippen MR) is 101 cm³/mol. The summed E-state index contributed by atoms with van der Waals surface area (Å²) in [6.45, 7) is 3.47. The first-order valence-electron chi connectivity index (χ1n) is 10.6. The lowest BCUT2D eigenvalue weighted by Crippen LogP contribution is -2.56. The van der Waals surface area contributed by atoms with E-state index in [1.165, 1.54) is 6.42 Å². The maximum Gasteiger partial charge on any atom is 0.139 e. The van der Waals surface area contributed by atoms with Gasteiger partial charge in [0.15, 0.2) is 0 Å². The van der Waals surface area contributed by atoms with Gasteiger partial charge < -0.3 is 15.7 Å². The molecule has 0 aromatic rings. The molecule has 5 heteroatoms. The molecule has 4 aliphatic carbocycles. The number of oxime groups is 1. The molecule has 6 atom stereocenters. The molecule has 0 heterocycles. The van der Waals surface area contributed by atoms with Gasteiger partial charge in [-0.1, -0.05) is 12.1 Å². The number of nitrogens with two attached hydrogens (primary N) is 1. The highest BCUT2D eigenvalue weighted by Crippen LogP contribution is 2.65. The maximum atomic E-state index is 12.5. The van der Waals surface area contributed by atoms with Crippen molar-refractivity contribution in [3.05, 3.63) is 0 Å². The van der Waals surface area contributed by atoms with Gasteiger partial charge in [-0.05, 0) is 75.0 Å². The van der Waals surface area contributed by atoms with Gasteiger partial charge in [-0.3, -0.25) is 4.79 Å². The van der Waals surface area contributed by atoms with E-state index in [0.717, 1.165) is 57.1 Å². The van der Waals surface area contributed by atoms with Gasteiger partial charge in [0.25, 0.3) is 0 Å². The summed E-state index contributed by atoms with van der Waals surface area (Å²) in [6, 6.07) is 0. The Balaban J connectivity index is 1.55. The van der Waals surface area contributed by atoms with Crippen LogP contribution in [0, 0.1) is 34.5 Å².